The Morgan fingerprint density at radius 2 is 1.95 bits per heavy atom. The van der Waals surface area contributed by atoms with Crippen LogP contribution in [0.4, 0.5) is 11.6 Å². The third kappa shape index (κ3) is 3.40. The van der Waals surface area contributed by atoms with Gasteiger partial charge in [0.25, 0.3) is 5.91 Å². The number of aromatic nitrogens is 2. The average Bonchev–Trinajstić information content (AvgIpc) is 2.56. The summed E-state index contributed by atoms with van der Waals surface area (Å²) in [6.07, 6.45) is 3.26. The molecule has 1 aliphatic rings. The molecular weight excluding hydrogens is 280 g/mol. The van der Waals surface area contributed by atoms with Crippen LogP contribution in [0.1, 0.15) is 15.9 Å². The summed E-state index contributed by atoms with van der Waals surface area (Å²) in [5.41, 5.74) is 2.26. The van der Waals surface area contributed by atoms with Gasteiger partial charge in [-0.3, -0.25) is 4.79 Å². The zero-order valence-electron chi connectivity index (χ0n) is 12.5. The van der Waals surface area contributed by atoms with Crippen molar-refractivity contribution in [1.82, 2.24) is 9.97 Å². The van der Waals surface area contributed by atoms with Crippen molar-refractivity contribution in [2.75, 3.05) is 36.5 Å². The van der Waals surface area contributed by atoms with E-state index >= 15 is 0 Å². The van der Waals surface area contributed by atoms with Crippen LogP contribution < -0.4 is 10.2 Å². The molecule has 0 spiro atoms. The molecule has 1 aromatic carbocycles. The van der Waals surface area contributed by atoms with Crippen molar-refractivity contribution < 1.29 is 9.53 Å². The lowest BCUT2D eigenvalue weighted by atomic mass is 10.1. The van der Waals surface area contributed by atoms with Gasteiger partial charge in [-0.05, 0) is 19.1 Å². The molecule has 0 bridgehead atoms. The second-order valence-electron chi connectivity index (χ2n) is 5.19. The molecule has 1 amide bonds. The van der Waals surface area contributed by atoms with Crippen molar-refractivity contribution in [2.24, 2.45) is 0 Å². The maximum atomic E-state index is 12.2. The Morgan fingerprint density at radius 3 is 2.64 bits per heavy atom. The number of anilines is 2. The monoisotopic (exact) mass is 298 g/mol. The highest BCUT2D eigenvalue weighted by Gasteiger charge is 2.14. The van der Waals surface area contributed by atoms with Crippen LogP contribution in [0.25, 0.3) is 0 Å². The van der Waals surface area contributed by atoms with Crippen LogP contribution in [-0.4, -0.2) is 42.2 Å². The maximum Gasteiger partial charge on any atom is 0.255 e. The van der Waals surface area contributed by atoms with Gasteiger partial charge in [0.2, 0.25) is 5.95 Å². The van der Waals surface area contributed by atoms with E-state index in [0.29, 0.717) is 30.4 Å². The summed E-state index contributed by atoms with van der Waals surface area (Å²) in [5.74, 6) is 0.503. The van der Waals surface area contributed by atoms with Crippen LogP contribution in [0.2, 0.25) is 0 Å². The molecule has 1 saturated heterocycles. The fraction of sp³-hybridized carbons (Fsp3) is 0.312. The van der Waals surface area contributed by atoms with E-state index in [1.165, 1.54) is 0 Å². The lowest BCUT2D eigenvalue weighted by molar-refractivity contribution is 0.102. The van der Waals surface area contributed by atoms with Gasteiger partial charge in [-0.25, -0.2) is 9.97 Å². The smallest absolute Gasteiger partial charge is 0.255 e. The van der Waals surface area contributed by atoms with Crippen LogP contribution >= 0.6 is 0 Å². The zero-order valence-corrected chi connectivity index (χ0v) is 12.5. The third-order valence-corrected chi connectivity index (χ3v) is 3.47. The van der Waals surface area contributed by atoms with Crippen molar-refractivity contribution in [3.05, 3.63) is 47.8 Å². The Kier molecular flexibility index (Phi) is 4.29. The molecule has 114 valence electrons. The number of nitrogens with one attached hydrogen (secondary N) is 1. The number of carbonyl (C=O) groups excluding carboxylic acids is 1. The number of morpholine rings is 1. The summed E-state index contributed by atoms with van der Waals surface area (Å²) in [4.78, 5) is 22.8. The summed E-state index contributed by atoms with van der Waals surface area (Å²) in [5, 5.41) is 2.81. The molecule has 0 atom stereocenters. The Morgan fingerprint density at radius 1 is 1.23 bits per heavy atom. The second-order valence-corrected chi connectivity index (χ2v) is 5.19. The fourth-order valence-electron chi connectivity index (χ4n) is 2.30. The molecule has 1 N–H and O–H groups in total. The van der Waals surface area contributed by atoms with Gasteiger partial charge >= 0.3 is 0 Å². The topological polar surface area (TPSA) is 67.4 Å². The lowest BCUT2D eigenvalue weighted by Crippen LogP contribution is -2.37. The molecule has 6 nitrogen and oxygen atoms in total. The van der Waals surface area contributed by atoms with E-state index in [1.54, 1.807) is 18.5 Å². The molecule has 1 aromatic heterocycles. The van der Waals surface area contributed by atoms with Crippen LogP contribution in [-0.2, 0) is 4.74 Å². The molecule has 2 aromatic rings. The fourth-order valence-corrected chi connectivity index (χ4v) is 2.30. The maximum absolute atomic E-state index is 12.2. The molecule has 0 unspecified atom stereocenters. The molecule has 0 saturated carbocycles. The number of amides is 1. The van der Waals surface area contributed by atoms with E-state index in [2.05, 4.69) is 20.2 Å². The van der Waals surface area contributed by atoms with Gasteiger partial charge in [0.15, 0.2) is 0 Å². The second kappa shape index (κ2) is 6.53. The molecule has 6 heteroatoms. The van der Waals surface area contributed by atoms with Gasteiger partial charge in [-0.1, -0.05) is 17.7 Å². The number of rotatable bonds is 3. The molecule has 1 aliphatic heterocycles. The van der Waals surface area contributed by atoms with Gasteiger partial charge in [-0.15, -0.1) is 0 Å². The molecule has 3 rings (SSSR count). The first-order valence-electron chi connectivity index (χ1n) is 7.25. The SMILES string of the molecule is Cc1cccc(C(=O)Nc2cnc(N3CCOCC3)nc2)c1. The van der Waals surface area contributed by atoms with Crippen LogP contribution in [0.3, 0.4) is 0 Å². The highest BCUT2D eigenvalue weighted by Crippen LogP contribution is 2.13. The van der Waals surface area contributed by atoms with E-state index < -0.39 is 0 Å². The van der Waals surface area contributed by atoms with Crippen molar-refractivity contribution in [1.29, 1.82) is 0 Å². The normalized spacial score (nSPS) is 14.7. The van der Waals surface area contributed by atoms with Crippen LogP contribution in [0.5, 0.6) is 0 Å². The number of nitrogens with zero attached hydrogens (tertiary/aromatic N) is 3. The Hall–Kier alpha value is -2.47. The average molecular weight is 298 g/mol. The summed E-state index contributed by atoms with van der Waals surface area (Å²) in [6.45, 7) is 4.91. The molecule has 22 heavy (non-hydrogen) atoms. The zero-order chi connectivity index (χ0) is 15.4. The quantitative estimate of drug-likeness (QED) is 0.937. The minimum absolute atomic E-state index is 0.161. The van der Waals surface area contributed by atoms with Gasteiger partial charge in [-0.2, -0.15) is 0 Å². The standard InChI is InChI=1S/C16H18N4O2/c1-12-3-2-4-13(9-12)15(21)19-14-10-17-16(18-11-14)20-5-7-22-8-6-20/h2-4,9-11H,5-8H2,1H3,(H,19,21). The summed E-state index contributed by atoms with van der Waals surface area (Å²) in [6, 6.07) is 7.45. The molecule has 0 aliphatic carbocycles. The molecule has 1 fully saturated rings. The lowest BCUT2D eigenvalue weighted by Gasteiger charge is -2.26. The van der Waals surface area contributed by atoms with Crippen molar-refractivity contribution in [2.45, 2.75) is 6.92 Å². The van der Waals surface area contributed by atoms with Gasteiger partial charge in [0, 0.05) is 18.7 Å². The Labute approximate surface area is 129 Å². The molecule has 2 heterocycles. The highest BCUT2D eigenvalue weighted by molar-refractivity contribution is 6.04. The summed E-state index contributed by atoms with van der Waals surface area (Å²) >= 11 is 0. The minimum Gasteiger partial charge on any atom is -0.378 e. The number of aryl methyl sites for hydroxylation is 1. The summed E-state index contributed by atoms with van der Waals surface area (Å²) < 4.78 is 5.30. The predicted molar refractivity (Wildman–Crippen MR) is 84.2 cm³/mol. The third-order valence-electron chi connectivity index (χ3n) is 3.47. The first-order chi connectivity index (χ1) is 10.7. The van der Waals surface area contributed by atoms with Crippen molar-refractivity contribution in [3.8, 4) is 0 Å². The number of hydrogen-bond donors (Lipinski definition) is 1. The first kappa shape index (κ1) is 14.5. The Bertz CT molecular complexity index is 651. The number of benzene rings is 1. The number of hydrogen-bond acceptors (Lipinski definition) is 5. The van der Waals surface area contributed by atoms with E-state index in [4.69, 9.17) is 4.74 Å². The van der Waals surface area contributed by atoms with Crippen LogP contribution in [0, 0.1) is 6.92 Å². The predicted octanol–water partition coefficient (Wildman–Crippen LogP) is 1.87. The van der Waals surface area contributed by atoms with E-state index in [1.807, 2.05) is 25.1 Å². The van der Waals surface area contributed by atoms with E-state index in [9.17, 15) is 4.79 Å². The van der Waals surface area contributed by atoms with E-state index in [0.717, 1.165) is 18.7 Å². The number of carbonyl (C=O) groups is 1. The first-order valence-corrected chi connectivity index (χ1v) is 7.25. The highest BCUT2D eigenvalue weighted by atomic mass is 16.5. The van der Waals surface area contributed by atoms with Crippen molar-refractivity contribution in [3.63, 3.8) is 0 Å². The van der Waals surface area contributed by atoms with Gasteiger partial charge < -0.3 is 15.0 Å². The summed E-state index contributed by atoms with van der Waals surface area (Å²) in [7, 11) is 0. The minimum atomic E-state index is -0.161. The Balaban J connectivity index is 1.66. The largest absolute Gasteiger partial charge is 0.378 e. The van der Waals surface area contributed by atoms with Gasteiger partial charge in [0.1, 0.15) is 0 Å². The molecular formula is C16H18N4O2. The molecule has 0 radical (unpaired) electrons. The van der Waals surface area contributed by atoms with Crippen molar-refractivity contribution >= 4 is 17.5 Å². The van der Waals surface area contributed by atoms with Gasteiger partial charge in [0.05, 0.1) is 31.3 Å². The van der Waals surface area contributed by atoms with Crippen LogP contribution in [0.15, 0.2) is 36.7 Å². The number of ether oxygens (including phenoxy) is 1. The van der Waals surface area contributed by atoms with E-state index in [-0.39, 0.29) is 5.91 Å².